The minimum Gasteiger partial charge on any atom is -0.490 e. The van der Waals surface area contributed by atoms with Gasteiger partial charge in [0, 0.05) is 6.20 Å². The highest BCUT2D eigenvalue weighted by atomic mass is 16.5. The quantitative estimate of drug-likeness (QED) is 0.876. The summed E-state index contributed by atoms with van der Waals surface area (Å²) in [5.41, 5.74) is 1.25. The van der Waals surface area contributed by atoms with Crippen LogP contribution in [0.3, 0.4) is 0 Å². The molecule has 1 heterocycles. The average molecular weight is 274 g/mol. The Kier molecular flexibility index (Phi) is 4.90. The monoisotopic (exact) mass is 274 g/mol. The van der Waals surface area contributed by atoms with E-state index in [0.717, 1.165) is 0 Å². The summed E-state index contributed by atoms with van der Waals surface area (Å²) >= 11 is 0. The van der Waals surface area contributed by atoms with E-state index in [1.54, 1.807) is 30.5 Å². The van der Waals surface area contributed by atoms with Crippen molar-refractivity contribution in [3.05, 3.63) is 48.0 Å². The van der Waals surface area contributed by atoms with Gasteiger partial charge in [0.25, 0.3) is 0 Å². The molecule has 0 saturated heterocycles. The Labute approximate surface area is 118 Å². The van der Waals surface area contributed by atoms with Gasteiger partial charge in [-0.05, 0) is 37.6 Å². The summed E-state index contributed by atoms with van der Waals surface area (Å²) in [6.07, 6.45) is 2.20. The number of nitrogens with zero attached hydrogens (tertiary/aromatic N) is 2. The Morgan fingerprint density at radius 2 is 1.85 bits per heavy atom. The van der Waals surface area contributed by atoms with Crippen LogP contribution in [-0.4, -0.2) is 28.3 Å². The lowest BCUT2D eigenvalue weighted by atomic mass is 10.1. The number of ether oxygens (including phenoxy) is 2. The molecule has 0 bridgehead atoms. The second kappa shape index (κ2) is 6.86. The van der Waals surface area contributed by atoms with Gasteiger partial charge in [0.1, 0.15) is 12.4 Å². The molecule has 0 aliphatic carbocycles. The first-order valence-electron chi connectivity index (χ1n) is 6.59. The summed E-state index contributed by atoms with van der Waals surface area (Å²) in [6, 6.07) is 7.07. The normalized spacial score (nSPS) is 11.9. The van der Waals surface area contributed by atoms with Crippen LogP contribution in [0, 0.1) is 0 Å². The Balaban J connectivity index is 2.30. The van der Waals surface area contributed by atoms with E-state index in [1.807, 2.05) is 13.8 Å². The van der Waals surface area contributed by atoms with Crippen LogP contribution in [0.5, 0.6) is 11.5 Å². The fourth-order valence-corrected chi connectivity index (χ4v) is 1.87. The van der Waals surface area contributed by atoms with Gasteiger partial charge in [0.05, 0.1) is 18.9 Å². The molecule has 5 heteroatoms. The zero-order valence-corrected chi connectivity index (χ0v) is 11.6. The molecule has 1 atom stereocenters. The molecule has 1 N–H and O–H groups in total. The molecule has 1 aromatic heterocycles. The topological polar surface area (TPSA) is 64.5 Å². The maximum Gasteiger partial charge on any atom is 0.161 e. The largest absolute Gasteiger partial charge is 0.490 e. The number of benzene rings is 1. The number of aromatic nitrogens is 2. The molecule has 0 radical (unpaired) electrons. The molecular formula is C15H18N2O3. The Bertz CT molecular complexity index is 546. The lowest BCUT2D eigenvalue weighted by Crippen LogP contribution is -2.04. The van der Waals surface area contributed by atoms with Gasteiger partial charge in [-0.3, -0.25) is 0 Å². The summed E-state index contributed by atoms with van der Waals surface area (Å²) < 4.78 is 11.0. The second-order valence-corrected chi connectivity index (χ2v) is 4.11. The van der Waals surface area contributed by atoms with E-state index in [-0.39, 0.29) is 0 Å². The molecule has 0 spiro atoms. The van der Waals surface area contributed by atoms with Gasteiger partial charge in [-0.15, -0.1) is 0 Å². The van der Waals surface area contributed by atoms with Crippen molar-refractivity contribution in [2.75, 3.05) is 13.2 Å². The van der Waals surface area contributed by atoms with Gasteiger partial charge in [-0.2, -0.15) is 0 Å². The molecule has 1 aromatic carbocycles. The van der Waals surface area contributed by atoms with Crippen molar-refractivity contribution in [3.8, 4) is 11.5 Å². The van der Waals surface area contributed by atoms with Crippen molar-refractivity contribution >= 4 is 0 Å². The van der Waals surface area contributed by atoms with Gasteiger partial charge < -0.3 is 14.6 Å². The first-order valence-corrected chi connectivity index (χ1v) is 6.59. The fraction of sp³-hybridized carbons (Fsp3) is 0.333. The molecule has 2 aromatic rings. The van der Waals surface area contributed by atoms with Crippen LogP contribution in [0.25, 0.3) is 0 Å². The van der Waals surface area contributed by atoms with E-state index >= 15 is 0 Å². The molecule has 0 fully saturated rings. The molecular weight excluding hydrogens is 256 g/mol. The van der Waals surface area contributed by atoms with Crippen LogP contribution >= 0.6 is 0 Å². The second-order valence-electron chi connectivity index (χ2n) is 4.11. The maximum atomic E-state index is 10.3. The number of hydrogen-bond donors (Lipinski definition) is 1. The zero-order valence-electron chi connectivity index (χ0n) is 11.6. The Morgan fingerprint density at radius 3 is 2.50 bits per heavy atom. The van der Waals surface area contributed by atoms with E-state index < -0.39 is 6.10 Å². The van der Waals surface area contributed by atoms with Gasteiger partial charge in [0.2, 0.25) is 0 Å². The van der Waals surface area contributed by atoms with Gasteiger partial charge in [-0.25, -0.2) is 9.97 Å². The molecule has 1 unspecified atom stereocenters. The van der Waals surface area contributed by atoms with E-state index in [0.29, 0.717) is 36.0 Å². The zero-order chi connectivity index (χ0) is 14.4. The maximum absolute atomic E-state index is 10.3. The molecule has 106 valence electrons. The SMILES string of the molecule is CCOc1ccc(C(O)c2ccncn2)cc1OCC. The lowest BCUT2D eigenvalue weighted by Gasteiger charge is -2.15. The minimum atomic E-state index is -0.812. The summed E-state index contributed by atoms with van der Waals surface area (Å²) in [5.74, 6) is 1.30. The number of rotatable bonds is 6. The molecule has 0 saturated carbocycles. The van der Waals surface area contributed by atoms with Crippen LogP contribution in [0.15, 0.2) is 36.8 Å². The van der Waals surface area contributed by atoms with Crippen molar-refractivity contribution < 1.29 is 14.6 Å². The third-order valence-electron chi connectivity index (χ3n) is 2.77. The molecule has 2 rings (SSSR count). The summed E-state index contributed by atoms with van der Waals surface area (Å²) in [5, 5.41) is 10.3. The van der Waals surface area contributed by atoms with Gasteiger partial charge >= 0.3 is 0 Å². The van der Waals surface area contributed by atoms with E-state index in [2.05, 4.69) is 9.97 Å². The Hall–Kier alpha value is -2.14. The van der Waals surface area contributed by atoms with Crippen LogP contribution in [0.1, 0.15) is 31.2 Å². The average Bonchev–Trinajstić information content (AvgIpc) is 2.50. The van der Waals surface area contributed by atoms with E-state index in [1.165, 1.54) is 6.33 Å². The van der Waals surface area contributed by atoms with E-state index in [9.17, 15) is 5.11 Å². The van der Waals surface area contributed by atoms with Crippen molar-refractivity contribution in [1.29, 1.82) is 0 Å². The molecule has 20 heavy (non-hydrogen) atoms. The molecule has 0 aliphatic rings. The Morgan fingerprint density at radius 1 is 1.10 bits per heavy atom. The van der Waals surface area contributed by atoms with Crippen molar-refractivity contribution in [3.63, 3.8) is 0 Å². The predicted molar refractivity (Wildman–Crippen MR) is 74.9 cm³/mol. The fourth-order valence-electron chi connectivity index (χ4n) is 1.87. The summed E-state index contributed by atoms with van der Waals surface area (Å²) in [4.78, 5) is 7.90. The van der Waals surface area contributed by atoms with Crippen LogP contribution in [-0.2, 0) is 0 Å². The van der Waals surface area contributed by atoms with Crippen LogP contribution in [0.4, 0.5) is 0 Å². The predicted octanol–water partition coefficient (Wildman–Crippen LogP) is 2.36. The molecule has 0 amide bonds. The highest BCUT2D eigenvalue weighted by Gasteiger charge is 2.15. The van der Waals surface area contributed by atoms with E-state index in [4.69, 9.17) is 9.47 Å². The number of aliphatic hydroxyl groups is 1. The highest BCUT2D eigenvalue weighted by Crippen LogP contribution is 2.32. The third kappa shape index (κ3) is 3.24. The van der Waals surface area contributed by atoms with Gasteiger partial charge in [0.15, 0.2) is 11.5 Å². The summed E-state index contributed by atoms with van der Waals surface area (Å²) in [7, 11) is 0. The van der Waals surface area contributed by atoms with Crippen LogP contribution in [0.2, 0.25) is 0 Å². The number of aliphatic hydroxyl groups excluding tert-OH is 1. The first-order chi connectivity index (χ1) is 9.76. The third-order valence-corrected chi connectivity index (χ3v) is 2.77. The minimum absolute atomic E-state index is 0.535. The standard InChI is InChI=1S/C15H18N2O3/c1-3-19-13-6-5-11(9-14(13)20-4-2)15(18)12-7-8-16-10-17-12/h5-10,15,18H,3-4H2,1-2H3. The number of hydrogen-bond acceptors (Lipinski definition) is 5. The van der Waals surface area contributed by atoms with Crippen molar-refractivity contribution in [2.45, 2.75) is 20.0 Å². The van der Waals surface area contributed by atoms with Crippen LogP contribution < -0.4 is 9.47 Å². The summed E-state index contributed by atoms with van der Waals surface area (Å²) in [6.45, 7) is 4.92. The molecule has 0 aliphatic heterocycles. The first kappa shape index (κ1) is 14.3. The highest BCUT2D eigenvalue weighted by molar-refractivity contribution is 5.44. The van der Waals surface area contributed by atoms with Crippen molar-refractivity contribution in [1.82, 2.24) is 9.97 Å². The van der Waals surface area contributed by atoms with Gasteiger partial charge in [-0.1, -0.05) is 6.07 Å². The molecule has 5 nitrogen and oxygen atoms in total. The smallest absolute Gasteiger partial charge is 0.161 e. The lowest BCUT2D eigenvalue weighted by molar-refractivity contribution is 0.213. The van der Waals surface area contributed by atoms with Crippen molar-refractivity contribution in [2.24, 2.45) is 0 Å².